The molecule has 1 aromatic carbocycles. The number of carbonyl (C=O) groups excluding carboxylic acids is 2. The lowest BCUT2D eigenvalue weighted by Gasteiger charge is -2.38. The summed E-state index contributed by atoms with van der Waals surface area (Å²) in [5.41, 5.74) is 1.66. The third-order valence-corrected chi connectivity index (χ3v) is 4.50. The van der Waals surface area contributed by atoms with E-state index in [0.717, 1.165) is 31.6 Å². The van der Waals surface area contributed by atoms with Gasteiger partial charge in [0.2, 0.25) is 0 Å². The number of nitrogens with zero attached hydrogens (tertiary/aromatic N) is 3. The summed E-state index contributed by atoms with van der Waals surface area (Å²) in [5.74, 6) is -1.16. The zero-order valence-electron chi connectivity index (χ0n) is 14.3. The lowest BCUT2D eigenvalue weighted by molar-refractivity contribution is -0.143. The second kappa shape index (κ2) is 7.79. The van der Waals surface area contributed by atoms with E-state index >= 15 is 0 Å². The van der Waals surface area contributed by atoms with E-state index < -0.39 is 11.8 Å². The minimum atomic E-state index is -0.632. The second-order valence-electron chi connectivity index (χ2n) is 6.19. The van der Waals surface area contributed by atoms with Gasteiger partial charge in [0, 0.05) is 38.1 Å². The molecule has 6 heteroatoms. The summed E-state index contributed by atoms with van der Waals surface area (Å²) in [5, 5.41) is 2.60. The maximum absolute atomic E-state index is 12.5. The summed E-state index contributed by atoms with van der Waals surface area (Å²) in [6.07, 6.45) is 5.01. The van der Waals surface area contributed by atoms with E-state index in [2.05, 4.69) is 27.3 Å². The van der Waals surface area contributed by atoms with Crippen LogP contribution in [0.5, 0.6) is 0 Å². The van der Waals surface area contributed by atoms with Gasteiger partial charge in [-0.2, -0.15) is 0 Å². The molecule has 1 aliphatic rings. The van der Waals surface area contributed by atoms with Gasteiger partial charge in [-0.05, 0) is 37.1 Å². The molecule has 2 heterocycles. The Kier molecular flexibility index (Phi) is 5.28. The van der Waals surface area contributed by atoms with Gasteiger partial charge in [0.25, 0.3) is 0 Å². The Morgan fingerprint density at radius 3 is 2.72 bits per heavy atom. The van der Waals surface area contributed by atoms with E-state index in [1.54, 1.807) is 30.3 Å². The van der Waals surface area contributed by atoms with Crippen LogP contribution < -0.4 is 10.2 Å². The minimum absolute atomic E-state index is 0.0149. The highest BCUT2D eigenvalue weighted by Crippen LogP contribution is 2.22. The van der Waals surface area contributed by atoms with E-state index in [1.165, 1.54) is 6.20 Å². The summed E-state index contributed by atoms with van der Waals surface area (Å²) < 4.78 is 0. The number of amides is 2. The van der Waals surface area contributed by atoms with E-state index in [1.807, 2.05) is 18.2 Å². The summed E-state index contributed by atoms with van der Waals surface area (Å²) in [7, 11) is 1.70. The molecule has 0 spiro atoms. The smallest absolute Gasteiger partial charge is 0.313 e. The van der Waals surface area contributed by atoms with Crippen LogP contribution in [0.2, 0.25) is 0 Å². The van der Waals surface area contributed by atoms with Crippen LogP contribution in [-0.4, -0.2) is 47.9 Å². The SMILES string of the molecule is CN(C(=O)C(=O)Nc1cccnc1)[C@@H]1CCCN(c2ccccc2)C1. The van der Waals surface area contributed by atoms with E-state index in [4.69, 9.17) is 0 Å². The number of rotatable bonds is 3. The average Bonchev–Trinajstić information content (AvgIpc) is 2.68. The number of benzene rings is 1. The van der Waals surface area contributed by atoms with Gasteiger partial charge in [-0.25, -0.2) is 0 Å². The molecule has 0 saturated carbocycles. The van der Waals surface area contributed by atoms with Gasteiger partial charge in [-0.1, -0.05) is 18.2 Å². The molecule has 0 aliphatic carbocycles. The molecule has 0 radical (unpaired) electrons. The first kappa shape index (κ1) is 17.0. The lowest BCUT2D eigenvalue weighted by atomic mass is 10.0. The molecule has 1 saturated heterocycles. The van der Waals surface area contributed by atoms with Crippen LogP contribution in [-0.2, 0) is 9.59 Å². The lowest BCUT2D eigenvalue weighted by Crippen LogP contribution is -2.51. The quantitative estimate of drug-likeness (QED) is 0.871. The maximum atomic E-state index is 12.5. The van der Waals surface area contributed by atoms with Gasteiger partial charge in [-0.3, -0.25) is 14.6 Å². The molecule has 1 N–H and O–H groups in total. The van der Waals surface area contributed by atoms with Crippen LogP contribution in [0.3, 0.4) is 0 Å². The second-order valence-corrected chi connectivity index (χ2v) is 6.19. The minimum Gasteiger partial charge on any atom is -0.369 e. The Balaban J connectivity index is 1.62. The van der Waals surface area contributed by atoms with E-state index in [9.17, 15) is 9.59 Å². The molecule has 1 aliphatic heterocycles. The van der Waals surface area contributed by atoms with Gasteiger partial charge in [0.1, 0.15) is 0 Å². The first-order valence-corrected chi connectivity index (χ1v) is 8.43. The van der Waals surface area contributed by atoms with Gasteiger partial charge in [0.15, 0.2) is 0 Å². The number of aromatic nitrogens is 1. The molecule has 25 heavy (non-hydrogen) atoms. The Morgan fingerprint density at radius 2 is 2.00 bits per heavy atom. The van der Waals surface area contributed by atoms with Crippen molar-refractivity contribution in [3.8, 4) is 0 Å². The van der Waals surface area contributed by atoms with Crippen molar-refractivity contribution in [2.45, 2.75) is 18.9 Å². The fourth-order valence-electron chi connectivity index (χ4n) is 3.09. The van der Waals surface area contributed by atoms with Gasteiger partial charge >= 0.3 is 11.8 Å². The third-order valence-electron chi connectivity index (χ3n) is 4.50. The molecule has 2 aromatic rings. The number of carbonyl (C=O) groups is 2. The molecule has 130 valence electrons. The Labute approximate surface area is 147 Å². The fraction of sp³-hybridized carbons (Fsp3) is 0.316. The van der Waals surface area contributed by atoms with Crippen molar-refractivity contribution in [2.24, 2.45) is 0 Å². The Hall–Kier alpha value is -2.89. The van der Waals surface area contributed by atoms with E-state index in [-0.39, 0.29) is 6.04 Å². The molecule has 0 bridgehead atoms. The molecule has 2 amide bonds. The van der Waals surface area contributed by atoms with Crippen LogP contribution in [0.4, 0.5) is 11.4 Å². The maximum Gasteiger partial charge on any atom is 0.313 e. The first-order chi connectivity index (χ1) is 12.1. The molecule has 0 unspecified atom stereocenters. The number of anilines is 2. The van der Waals surface area contributed by atoms with Crippen LogP contribution in [0.25, 0.3) is 0 Å². The fourth-order valence-corrected chi connectivity index (χ4v) is 3.09. The predicted molar refractivity (Wildman–Crippen MR) is 97.3 cm³/mol. The number of para-hydroxylation sites is 1. The molecular weight excluding hydrogens is 316 g/mol. The highest BCUT2D eigenvalue weighted by molar-refractivity contribution is 6.39. The number of hydrogen-bond donors (Lipinski definition) is 1. The summed E-state index contributed by atoms with van der Waals surface area (Å²) >= 11 is 0. The Morgan fingerprint density at radius 1 is 1.20 bits per heavy atom. The van der Waals surface area contributed by atoms with Gasteiger partial charge in [-0.15, -0.1) is 0 Å². The van der Waals surface area contributed by atoms with Crippen molar-refractivity contribution in [2.75, 3.05) is 30.4 Å². The van der Waals surface area contributed by atoms with Crippen LogP contribution in [0.15, 0.2) is 54.9 Å². The highest BCUT2D eigenvalue weighted by atomic mass is 16.2. The third kappa shape index (κ3) is 4.15. The zero-order chi connectivity index (χ0) is 17.6. The predicted octanol–water partition coefficient (Wildman–Crippen LogP) is 2.15. The van der Waals surface area contributed by atoms with Crippen molar-refractivity contribution >= 4 is 23.2 Å². The van der Waals surface area contributed by atoms with Crippen LogP contribution in [0, 0.1) is 0 Å². The van der Waals surface area contributed by atoms with Crippen LogP contribution >= 0.6 is 0 Å². The van der Waals surface area contributed by atoms with E-state index in [0.29, 0.717) is 5.69 Å². The molecule has 3 rings (SSSR count). The normalized spacial score (nSPS) is 17.0. The molecular formula is C19H22N4O2. The molecule has 1 fully saturated rings. The zero-order valence-corrected chi connectivity index (χ0v) is 14.3. The largest absolute Gasteiger partial charge is 0.369 e. The number of pyridine rings is 1. The summed E-state index contributed by atoms with van der Waals surface area (Å²) in [6, 6.07) is 13.6. The number of likely N-dealkylation sites (N-methyl/N-ethyl adjacent to an activating group) is 1. The highest BCUT2D eigenvalue weighted by Gasteiger charge is 2.29. The van der Waals surface area contributed by atoms with Crippen molar-refractivity contribution in [3.05, 3.63) is 54.9 Å². The van der Waals surface area contributed by atoms with Crippen molar-refractivity contribution in [3.63, 3.8) is 0 Å². The number of hydrogen-bond acceptors (Lipinski definition) is 4. The standard InChI is InChI=1S/C19H22N4O2/c1-22(19(25)18(24)21-15-7-5-11-20-13-15)17-10-6-12-23(14-17)16-8-3-2-4-9-16/h2-5,7-9,11,13,17H,6,10,12,14H2,1H3,(H,21,24)/t17-/m1/s1. The summed E-state index contributed by atoms with van der Waals surface area (Å²) in [6.45, 7) is 1.69. The molecule has 1 aromatic heterocycles. The average molecular weight is 338 g/mol. The van der Waals surface area contributed by atoms with Crippen molar-refractivity contribution in [1.82, 2.24) is 9.88 Å². The first-order valence-electron chi connectivity index (χ1n) is 8.43. The van der Waals surface area contributed by atoms with Gasteiger partial charge in [0.05, 0.1) is 11.9 Å². The van der Waals surface area contributed by atoms with Crippen molar-refractivity contribution < 1.29 is 9.59 Å². The monoisotopic (exact) mass is 338 g/mol. The van der Waals surface area contributed by atoms with Crippen molar-refractivity contribution in [1.29, 1.82) is 0 Å². The number of piperidine rings is 1. The molecule has 6 nitrogen and oxygen atoms in total. The Bertz CT molecular complexity index is 721. The van der Waals surface area contributed by atoms with Crippen LogP contribution in [0.1, 0.15) is 12.8 Å². The molecule has 1 atom stereocenters. The number of nitrogens with one attached hydrogen (secondary N) is 1. The van der Waals surface area contributed by atoms with Gasteiger partial charge < -0.3 is 15.1 Å². The topological polar surface area (TPSA) is 65.5 Å². The summed E-state index contributed by atoms with van der Waals surface area (Å²) in [4.78, 5) is 32.4.